The predicted octanol–water partition coefficient (Wildman–Crippen LogP) is 5.95. The molecule has 2 aromatic rings. The fraction of sp³-hybridized carbons (Fsp3) is 0.688. The number of aryl methyl sites for hydroxylation is 2. The molecule has 1 aromatic heterocycles. The highest BCUT2D eigenvalue weighted by Crippen LogP contribution is 2.23. The number of benzene rings is 1. The maximum atomic E-state index is 12.4. The molecule has 0 aliphatic heterocycles. The number of hydrogen-bond donors (Lipinski definition) is 2. The highest BCUT2D eigenvalue weighted by Gasteiger charge is 2.19. The van der Waals surface area contributed by atoms with E-state index < -0.39 is 12.0 Å². The summed E-state index contributed by atoms with van der Waals surface area (Å²) in [6.45, 7) is 19.7. The van der Waals surface area contributed by atoms with Gasteiger partial charge in [-0.25, -0.2) is 4.98 Å². The van der Waals surface area contributed by atoms with Crippen molar-refractivity contribution in [2.75, 3.05) is 49.9 Å². The Morgan fingerprint density at radius 1 is 1.14 bits per heavy atom. The van der Waals surface area contributed by atoms with E-state index in [1.807, 2.05) is 64.4 Å². The van der Waals surface area contributed by atoms with Gasteiger partial charge in [-0.05, 0) is 65.3 Å². The number of hydrogen-bond acceptors (Lipinski definition) is 8. The van der Waals surface area contributed by atoms with E-state index in [9.17, 15) is 14.4 Å². The number of alkyl halides is 2. The highest BCUT2D eigenvalue weighted by atomic mass is 35.5. The largest absolute Gasteiger partial charge is 0.465 e. The summed E-state index contributed by atoms with van der Waals surface area (Å²) in [5.41, 5.74) is 2.62. The molecule has 2 N–H and O–H groups in total. The average Bonchev–Trinajstić information content (AvgIpc) is 3.27. The molecule has 1 atom stereocenters. The molecule has 0 aliphatic rings. The predicted molar refractivity (Wildman–Crippen MR) is 186 cm³/mol. The van der Waals surface area contributed by atoms with E-state index in [4.69, 9.17) is 32.9 Å². The molecule has 0 saturated heterocycles. The second kappa shape index (κ2) is 24.7. The van der Waals surface area contributed by atoms with Crippen LogP contribution in [0.5, 0.6) is 0 Å². The summed E-state index contributed by atoms with van der Waals surface area (Å²) < 4.78 is 11.4. The van der Waals surface area contributed by atoms with Crippen LogP contribution in [0.2, 0.25) is 0 Å². The number of aromatic nitrogens is 2. The minimum Gasteiger partial charge on any atom is -0.465 e. The van der Waals surface area contributed by atoms with Gasteiger partial charge in [-0.15, -0.1) is 23.2 Å². The van der Waals surface area contributed by atoms with Gasteiger partial charge in [0.2, 0.25) is 5.91 Å². The summed E-state index contributed by atoms with van der Waals surface area (Å²) in [5, 5.41) is 5.61. The van der Waals surface area contributed by atoms with Crippen LogP contribution in [0.15, 0.2) is 18.2 Å². The number of nitrogens with one attached hydrogen (secondary N) is 2. The molecule has 1 unspecified atom stereocenters. The van der Waals surface area contributed by atoms with Gasteiger partial charge in [0.15, 0.2) is 0 Å². The summed E-state index contributed by atoms with van der Waals surface area (Å²) in [5.74, 6) is 2.06. The zero-order valence-corrected chi connectivity index (χ0v) is 30.3. The van der Waals surface area contributed by atoms with Gasteiger partial charge in [-0.3, -0.25) is 14.4 Å². The van der Waals surface area contributed by atoms with Crippen LogP contribution in [-0.2, 0) is 37.3 Å². The highest BCUT2D eigenvalue weighted by molar-refractivity contribution is 6.18. The van der Waals surface area contributed by atoms with Crippen molar-refractivity contribution in [3.8, 4) is 0 Å². The van der Waals surface area contributed by atoms with Crippen molar-refractivity contribution in [2.24, 2.45) is 13.0 Å². The number of fused-ring (bicyclic) bond motifs is 1. The molecule has 10 nitrogen and oxygen atoms in total. The van der Waals surface area contributed by atoms with Crippen LogP contribution >= 0.6 is 23.2 Å². The molecule has 0 radical (unpaired) electrons. The minimum atomic E-state index is -0.450. The normalized spacial score (nSPS) is 11.1. The van der Waals surface area contributed by atoms with E-state index in [1.165, 1.54) is 0 Å². The molecule has 1 heterocycles. The lowest BCUT2D eigenvalue weighted by Gasteiger charge is -2.22. The van der Waals surface area contributed by atoms with E-state index in [0.29, 0.717) is 44.2 Å². The second-order valence-electron chi connectivity index (χ2n) is 11.1. The van der Waals surface area contributed by atoms with Crippen molar-refractivity contribution >= 4 is 58.3 Å². The van der Waals surface area contributed by atoms with Crippen LogP contribution in [0.3, 0.4) is 0 Å². The Labute approximate surface area is 277 Å². The van der Waals surface area contributed by atoms with Crippen LogP contribution in [0.1, 0.15) is 76.0 Å². The Bertz CT molecular complexity index is 1070. The molecule has 0 aliphatic carbocycles. The van der Waals surface area contributed by atoms with Gasteiger partial charge in [0.25, 0.3) is 6.47 Å². The third-order valence-electron chi connectivity index (χ3n) is 5.47. The lowest BCUT2D eigenvalue weighted by Crippen LogP contribution is -2.44. The molecule has 1 aromatic carbocycles. The number of imidazole rings is 1. The monoisotopic (exact) mass is 663 g/mol. The Kier molecular flexibility index (Phi) is 24.5. The van der Waals surface area contributed by atoms with Gasteiger partial charge in [-0.2, -0.15) is 0 Å². The third-order valence-corrected chi connectivity index (χ3v) is 5.80. The van der Waals surface area contributed by atoms with Crippen molar-refractivity contribution in [3.05, 3.63) is 24.0 Å². The molecule has 0 spiro atoms. The standard InChI is InChI=1S/C21H31Cl2N5O3.C5H10O2.C4H10.C2H6.H2/c1-4-31-20(29)14-25-21(30)16(24-2)6-8-19-26-17-13-15(5-7-18(17)27(19)3)28(11-9-22)12-10-23;1-5(2,3)7-4-6;1-4(2)3;1-2;/h5,7,13,16,24H,4,6,8-12,14H2,1-3H3,(H,25,30);4H,1-3H3;4H,1-3H3;1-2H3;1H. The van der Waals surface area contributed by atoms with E-state index in [2.05, 4.69) is 41.0 Å². The first-order chi connectivity index (χ1) is 20.7. The van der Waals surface area contributed by atoms with E-state index >= 15 is 0 Å². The van der Waals surface area contributed by atoms with Gasteiger partial charge in [-0.1, -0.05) is 34.6 Å². The lowest BCUT2D eigenvalue weighted by atomic mass is 10.1. The molecular formula is C32H59Cl2N5O5. The molecule has 0 bridgehead atoms. The van der Waals surface area contributed by atoms with Crippen LogP contribution in [0, 0.1) is 5.92 Å². The second-order valence-corrected chi connectivity index (χ2v) is 11.8. The van der Waals surface area contributed by atoms with Crippen molar-refractivity contribution in [3.63, 3.8) is 0 Å². The van der Waals surface area contributed by atoms with Crippen molar-refractivity contribution in [2.45, 2.75) is 86.8 Å². The molecule has 2 rings (SSSR count). The first-order valence-corrected chi connectivity index (χ1v) is 16.4. The minimum absolute atomic E-state index is 0. The lowest BCUT2D eigenvalue weighted by molar-refractivity contribution is -0.143. The molecule has 44 heavy (non-hydrogen) atoms. The van der Waals surface area contributed by atoms with E-state index in [-0.39, 0.29) is 26.1 Å². The number of nitrogens with zero attached hydrogens (tertiary/aromatic N) is 3. The number of anilines is 1. The first-order valence-electron chi connectivity index (χ1n) is 15.3. The Morgan fingerprint density at radius 3 is 2.14 bits per heavy atom. The molecule has 256 valence electrons. The molecule has 0 saturated carbocycles. The number of ether oxygens (including phenoxy) is 2. The van der Waals surface area contributed by atoms with E-state index in [1.54, 1.807) is 14.0 Å². The van der Waals surface area contributed by atoms with Crippen LogP contribution in [0.4, 0.5) is 5.69 Å². The average molecular weight is 665 g/mol. The molecule has 12 heteroatoms. The number of carbonyl (C=O) groups excluding carboxylic acids is 3. The van der Waals surface area contributed by atoms with Crippen LogP contribution in [-0.4, -0.2) is 84.6 Å². The Morgan fingerprint density at radius 2 is 1.70 bits per heavy atom. The SMILES string of the molecule is CC.CC(C)(C)OC=O.CC(C)C.CCOC(=O)CNC(=O)C(CCc1nc2cc(N(CCCl)CCCl)ccc2n1C)NC.[HH]. The third kappa shape index (κ3) is 19.0. The summed E-state index contributed by atoms with van der Waals surface area (Å²) in [7, 11) is 3.69. The van der Waals surface area contributed by atoms with Crippen molar-refractivity contribution in [1.82, 2.24) is 20.2 Å². The number of esters is 1. The van der Waals surface area contributed by atoms with Crippen molar-refractivity contribution < 1.29 is 25.3 Å². The van der Waals surface area contributed by atoms with Crippen LogP contribution < -0.4 is 15.5 Å². The smallest absolute Gasteiger partial charge is 0.325 e. The summed E-state index contributed by atoms with van der Waals surface area (Å²) >= 11 is 11.9. The van der Waals surface area contributed by atoms with Gasteiger partial charge < -0.3 is 29.6 Å². The first kappa shape index (κ1) is 43.6. The summed E-state index contributed by atoms with van der Waals surface area (Å²) in [6.07, 6.45) is 1.14. The maximum absolute atomic E-state index is 12.4. The summed E-state index contributed by atoms with van der Waals surface area (Å²) in [6, 6.07) is 5.69. The van der Waals surface area contributed by atoms with Gasteiger partial charge >= 0.3 is 5.97 Å². The van der Waals surface area contributed by atoms with E-state index in [0.717, 1.165) is 28.5 Å². The van der Waals surface area contributed by atoms with Gasteiger partial charge in [0.1, 0.15) is 18.0 Å². The number of carbonyl (C=O) groups is 3. The molecular weight excluding hydrogens is 605 g/mol. The number of rotatable bonds is 14. The van der Waals surface area contributed by atoms with Gasteiger partial charge in [0, 0.05) is 45.4 Å². The summed E-state index contributed by atoms with van der Waals surface area (Å²) in [4.78, 5) is 40.3. The van der Waals surface area contributed by atoms with Gasteiger partial charge in [0.05, 0.1) is 23.7 Å². The Hall–Kier alpha value is -2.56. The number of halogens is 2. The Balaban J connectivity index is -0.00000107. The number of amides is 1. The zero-order chi connectivity index (χ0) is 34.3. The topological polar surface area (TPSA) is 115 Å². The molecule has 0 fully saturated rings. The fourth-order valence-electron chi connectivity index (χ4n) is 3.55. The van der Waals surface area contributed by atoms with Crippen LogP contribution in [0.25, 0.3) is 11.0 Å². The number of likely N-dealkylation sites (N-methyl/N-ethyl adjacent to an activating group) is 1. The zero-order valence-electron chi connectivity index (χ0n) is 28.8. The maximum Gasteiger partial charge on any atom is 0.325 e. The molecule has 1 amide bonds. The fourth-order valence-corrected chi connectivity index (χ4v) is 3.96. The quantitative estimate of drug-likeness (QED) is 0.145. The van der Waals surface area contributed by atoms with Crippen molar-refractivity contribution in [1.29, 1.82) is 0 Å².